The molecule has 0 bridgehead atoms. The Morgan fingerprint density at radius 3 is 2.79 bits per heavy atom. The van der Waals surface area contributed by atoms with Crippen molar-refractivity contribution in [1.29, 1.82) is 0 Å². The first-order valence-electron chi connectivity index (χ1n) is 6.05. The van der Waals surface area contributed by atoms with Gasteiger partial charge in [-0.15, -0.1) is 0 Å². The van der Waals surface area contributed by atoms with Crippen molar-refractivity contribution >= 4 is 17.5 Å². The van der Waals surface area contributed by atoms with Crippen molar-refractivity contribution in [3.63, 3.8) is 0 Å². The van der Waals surface area contributed by atoms with Crippen LogP contribution in [0.1, 0.15) is 12.8 Å². The Bertz CT molecular complexity index is 484. The first-order chi connectivity index (χ1) is 9.13. The monoisotopic (exact) mass is 265 g/mol. The summed E-state index contributed by atoms with van der Waals surface area (Å²) in [6, 6.07) is 2.98. The molecule has 1 aromatic rings. The second-order valence-electron chi connectivity index (χ2n) is 4.39. The minimum Gasteiger partial charge on any atom is -0.469 e. The lowest BCUT2D eigenvalue weighted by Gasteiger charge is -2.31. The highest BCUT2D eigenvalue weighted by Crippen LogP contribution is 2.29. The van der Waals surface area contributed by atoms with E-state index in [1.54, 1.807) is 6.07 Å². The van der Waals surface area contributed by atoms with E-state index in [9.17, 15) is 14.9 Å². The third-order valence-electron chi connectivity index (χ3n) is 3.29. The number of carbonyl (C=O) groups is 1. The zero-order valence-corrected chi connectivity index (χ0v) is 10.6. The smallest absolute Gasteiger partial charge is 0.311 e. The summed E-state index contributed by atoms with van der Waals surface area (Å²) in [7, 11) is 1.37. The Labute approximate surface area is 110 Å². The van der Waals surface area contributed by atoms with Crippen LogP contribution in [0.25, 0.3) is 0 Å². The van der Waals surface area contributed by atoms with Crippen molar-refractivity contribution in [3.05, 3.63) is 28.4 Å². The highest BCUT2D eigenvalue weighted by molar-refractivity contribution is 5.72. The van der Waals surface area contributed by atoms with Gasteiger partial charge in [-0.2, -0.15) is 0 Å². The van der Waals surface area contributed by atoms with Crippen LogP contribution in [0.4, 0.5) is 11.5 Å². The van der Waals surface area contributed by atoms with Gasteiger partial charge in [0.15, 0.2) is 0 Å². The van der Waals surface area contributed by atoms with Gasteiger partial charge in [0.05, 0.1) is 18.0 Å². The zero-order valence-electron chi connectivity index (χ0n) is 10.6. The molecule has 1 aromatic heterocycles. The van der Waals surface area contributed by atoms with Crippen molar-refractivity contribution in [2.24, 2.45) is 5.92 Å². The lowest BCUT2D eigenvalue weighted by molar-refractivity contribution is -0.384. The van der Waals surface area contributed by atoms with Crippen LogP contribution in [-0.4, -0.2) is 36.1 Å². The summed E-state index contributed by atoms with van der Waals surface area (Å²) in [5.41, 5.74) is -0.000909. The molecule has 2 rings (SSSR count). The fourth-order valence-corrected chi connectivity index (χ4v) is 2.27. The summed E-state index contributed by atoms with van der Waals surface area (Å²) in [6.45, 7) is 1.13. The van der Waals surface area contributed by atoms with Crippen molar-refractivity contribution in [1.82, 2.24) is 4.98 Å². The summed E-state index contributed by atoms with van der Waals surface area (Å²) >= 11 is 0. The van der Waals surface area contributed by atoms with E-state index in [0.717, 1.165) is 0 Å². The highest BCUT2D eigenvalue weighted by Gasteiger charge is 2.29. The quantitative estimate of drug-likeness (QED) is 0.466. The lowest BCUT2D eigenvalue weighted by Crippen LogP contribution is -2.37. The van der Waals surface area contributed by atoms with Gasteiger partial charge < -0.3 is 9.64 Å². The number of hydrogen-bond acceptors (Lipinski definition) is 6. The summed E-state index contributed by atoms with van der Waals surface area (Å²) in [4.78, 5) is 27.9. The van der Waals surface area contributed by atoms with Gasteiger partial charge in [-0.1, -0.05) is 0 Å². The molecule has 1 saturated heterocycles. The third kappa shape index (κ3) is 2.81. The molecule has 0 N–H and O–H groups in total. The molecular formula is C12H15N3O4. The Kier molecular flexibility index (Phi) is 3.94. The molecule has 1 aliphatic heterocycles. The fourth-order valence-electron chi connectivity index (χ4n) is 2.27. The van der Waals surface area contributed by atoms with Gasteiger partial charge in [0.25, 0.3) is 0 Å². The molecule has 0 atom stereocenters. The van der Waals surface area contributed by atoms with Gasteiger partial charge in [0.2, 0.25) is 5.82 Å². The number of rotatable bonds is 3. The maximum atomic E-state index is 11.4. The van der Waals surface area contributed by atoms with Gasteiger partial charge in [0, 0.05) is 25.4 Å². The minimum absolute atomic E-state index is 0.000909. The normalized spacial score (nSPS) is 16.2. The average Bonchev–Trinajstić information content (AvgIpc) is 2.46. The number of anilines is 1. The Morgan fingerprint density at radius 2 is 2.21 bits per heavy atom. The Hall–Kier alpha value is -2.18. The standard InChI is InChI=1S/C12H15N3O4/c1-19-12(16)9-4-7-14(8-5-9)11-10(15(17)18)3-2-6-13-11/h2-3,6,9H,4-5,7-8H2,1H3. The van der Waals surface area contributed by atoms with E-state index in [1.807, 2.05) is 4.90 Å². The predicted molar refractivity (Wildman–Crippen MR) is 67.8 cm³/mol. The van der Waals surface area contributed by atoms with Gasteiger partial charge in [-0.25, -0.2) is 4.98 Å². The molecule has 0 saturated carbocycles. The molecule has 0 aliphatic carbocycles. The molecule has 7 nitrogen and oxygen atoms in total. The van der Waals surface area contributed by atoms with Crippen molar-refractivity contribution in [2.75, 3.05) is 25.1 Å². The summed E-state index contributed by atoms with van der Waals surface area (Å²) < 4.78 is 4.71. The van der Waals surface area contributed by atoms with E-state index in [4.69, 9.17) is 4.74 Å². The largest absolute Gasteiger partial charge is 0.469 e. The van der Waals surface area contributed by atoms with Crippen molar-refractivity contribution in [2.45, 2.75) is 12.8 Å². The fraction of sp³-hybridized carbons (Fsp3) is 0.500. The van der Waals surface area contributed by atoms with Crippen LogP contribution in [0.5, 0.6) is 0 Å². The Balaban J connectivity index is 2.10. The van der Waals surface area contributed by atoms with Gasteiger partial charge >= 0.3 is 11.7 Å². The first-order valence-corrected chi connectivity index (χ1v) is 6.05. The highest BCUT2D eigenvalue weighted by atomic mass is 16.6. The second kappa shape index (κ2) is 5.64. The summed E-state index contributed by atoms with van der Waals surface area (Å²) in [6.07, 6.45) is 2.79. The van der Waals surface area contributed by atoms with E-state index < -0.39 is 4.92 Å². The van der Waals surface area contributed by atoms with Crippen LogP contribution in [-0.2, 0) is 9.53 Å². The molecule has 0 amide bonds. The zero-order chi connectivity index (χ0) is 13.8. The number of aromatic nitrogens is 1. The van der Waals surface area contributed by atoms with Crippen LogP contribution in [0, 0.1) is 16.0 Å². The Morgan fingerprint density at radius 1 is 1.53 bits per heavy atom. The maximum absolute atomic E-state index is 11.4. The molecule has 1 fully saturated rings. The molecule has 2 heterocycles. The molecule has 0 radical (unpaired) electrons. The summed E-state index contributed by atoms with van der Waals surface area (Å²) in [5, 5.41) is 10.9. The third-order valence-corrected chi connectivity index (χ3v) is 3.29. The van der Waals surface area contributed by atoms with Crippen molar-refractivity contribution in [3.8, 4) is 0 Å². The molecule has 19 heavy (non-hydrogen) atoms. The van der Waals surface area contributed by atoms with E-state index >= 15 is 0 Å². The van der Waals surface area contributed by atoms with E-state index in [2.05, 4.69) is 4.98 Å². The number of nitro groups is 1. The lowest BCUT2D eigenvalue weighted by atomic mass is 9.97. The summed E-state index contributed by atoms with van der Waals surface area (Å²) in [5.74, 6) is 0.0370. The minimum atomic E-state index is -0.436. The molecule has 102 valence electrons. The number of pyridine rings is 1. The van der Waals surface area contributed by atoms with E-state index in [1.165, 1.54) is 19.4 Å². The van der Waals surface area contributed by atoms with E-state index in [0.29, 0.717) is 31.7 Å². The SMILES string of the molecule is COC(=O)C1CCN(c2ncccc2[N+](=O)[O-])CC1. The maximum Gasteiger partial charge on any atom is 0.311 e. The van der Waals surface area contributed by atoms with Gasteiger partial charge in [-0.3, -0.25) is 14.9 Å². The number of piperidine rings is 1. The number of methoxy groups -OCH3 is 1. The molecule has 7 heteroatoms. The number of carbonyl (C=O) groups excluding carboxylic acids is 1. The average molecular weight is 265 g/mol. The second-order valence-corrected chi connectivity index (χ2v) is 4.39. The molecule has 0 aromatic carbocycles. The van der Waals surface area contributed by atoms with Crippen LogP contribution in [0.15, 0.2) is 18.3 Å². The number of esters is 1. The van der Waals surface area contributed by atoms with Gasteiger partial charge in [0.1, 0.15) is 0 Å². The molecule has 1 aliphatic rings. The molecule has 0 spiro atoms. The van der Waals surface area contributed by atoms with Crippen LogP contribution < -0.4 is 4.90 Å². The van der Waals surface area contributed by atoms with Crippen molar-refractivity contribution < 1.29 is 14.5 Å². The number of nitrogens with zero attached hydrogens (tertiary/aromatic N) is 3. The predicted octanol–water partition coefficient (Wildman–Crippen LogP) is 1.38. The first kappa shape index (κ1) is 13.3. The van der Waals surface area contributed by atoms with Crippen LogP contribution in [0.3, 0.4) is 0 Å². The molecule has 0 unspecified atom stereocenters. The topological polar surface area (TPSA) is 85.6 Å². The van der Waals surface area contributed by atoms with Gasteiger partial charge in [-0.05, 0) is 18.9 Å². The van der Waals surface area contributed by atoms with Crippen LogP contribution >= 0.6 is 0 Å². The molecular weight excluding hydrogens is 250 g/mol. The van der Waals surface area contributed by atoms with Crippen LogP contribution in [0.2, 0.25) is 0 Å². The van der Waals surface area contributed by atoms with E-state index in [-0.39, 0.29) is 17.6 Å². The number of ether oxygens (including phenoxy) is 1. The number of hydrogen-bond donors (Lipinski definition) is 0.